The number of anilines is 1. The zero-order chi connectivity index (χ0) is 6.85. The van der Waals surface area contributed by atoms with Crippen molar-refractivity contribution in [3.8, 4) is 0 Å². The molecule has 1 aromatic heterocycles. The van der Waals surface area contributed by atoms with Crippen LogP contribution in [0.1, 0.15) is 0 Å². The van der Waals surface area contributed by atoms with Crippen molar-refractivity contribution >= 4 is 40.7 Å². The minimum Gasteiger partial charge on any atom is -0.394 e. The predicted molar refractivity (Wildman–Crippen MR) is 51.4 cm³/mol. The number of H-pyrrole nitrogens is 1. The minimum absolute atomic E-state index is 0. The first-order valence-corrected chi connectivity index (χ1v) is 3.42. The fraction of sp³-hybridized carbons (Fsp3) is 0. The van der Waals surface area contributed by atoms with Gasteiger partial charge < -0.3 is 10.7 Å². The molecule has 1 aromatic rings. The van der Waals surface area contributed by atoms with Gasteiger partial charge in [0.2, 0.25) is 0 Å². The van der Waals surface area contributed by atoms with Crippen LogP contribution in [0.4, 0.5) is 5.69 Å². The summed E-state index contributed by atoms with van der Waals surface area (Å²) in [7, 11) is 0. The molecule has 0 unspecified atom stereocenters. The predicted octanol–water partition coefficient (Wildman–Crippen LogP) is 0.983. The van der Waals surface area contributed by atoms with Crippen molar-refractivity contribution in [2.45, 2.75) is 0 Å². The summed E-state index contributed by atoms with van der Waals surface area (Å²) in [6.45, 7) is 0. The van der Waals surface area contributed by atoms with Gasteiger partial charge in [-0.25, -0.2) is 0 Å². The van der Waals surface area contributed by atoms with Gasteiger partial charge in [0.25, 0.3) is 5.56 Å². The van der Waals surface area contributed by atoms with Gasteiger partial charge in [0, 0.05) is 9.77 Å². The summed E-state index contributed by atoms with van der Waals surface area (Å²) >= 11 is 2.07. The molecule has 0 saturated heterocycles. The van der Waals surface area contributed by atoms with Crippen LogP contribution in [0.3, 0.4) is 0 Å². The lowest BCUT2D eigenvalue weighted by molar-refractivity contribution is 1.23. The lowest BCUT2D eigenvalue weighted by atomic mass is 10.4. The molecule has 0 aliphatic carbocycles. The highest BCUT2D eigenvalue weighted by Gasteiger charge is 1.91. The summed E-state index contributed by atoms with van der Waals surface area (Å²) in [5, 5.41) is 0. The first-order valence-electron chi connectivity index (χ1n) is 2.34. The molecule has 10 heavy (non-hydrogen) atoms. The lowest BCUT2D eigenvalue weighted by Gasteiger charge is -1.89. The van der Waals surface area contributed by atoms with E-state index in [1.807, 2.05) is 0 Å². The van der Waals surface area contributed by atoms with Gasteiger partial charge in [-0.3, -0.25) is 4.79 Å². The van der Waals surface area contributed by atoms with Crippen LogP contribution in [0.25, 0.3) is 0 Å². The van der Waals surface area contributed by atoms with Crippen LogP contribution in [0.15, 0.2) is 17.1 Å². The standard InChI is InChI=1S/C5H5IN2O.ClH/c6-3-1-4(7)5(9)8-2-3;/h1-2H,7H2,(H,8,9);1H. The van der Waals surface area contributed by atoms with Crippen molar-refractivity contribution in [3.63, 3.8) is 0 Å². The van der Waals surface area contributed by atoms with Crippen molar-refractivity contribution in [3.05, 3.63) is 26.2 Å². The topological polar surface area (TPSA) is 58.9 Å². The van der Waals surface area contributed by atoms with Gasteiger partial charge in [-0.15, -0.1) is 12.4 Å². The summed E-state index contributed by atoms with van der Waals surface area (Å²) < 4.78 is 0.935. The number of hydrogen-bond donors (Lipinski definition) is 2. The molecule has 1 heterocycles. The summed E-state index contributed by atoms with van der Waals surface area (Å²) in [4.78, 5) is 13.1. The Morgan fingerprint density at radius 2 is 2.20 bits per heavy atom. The number of halogens is 2. The van der Waals surface area contributed by atoms with E-state index in [1.165, 1.54) is 0 Å². The lowest BCUT2D eigenvalue weighted by Crippen LogP contribution is -2.10. The fourth-order valence-corrected chi connectivity index (χ4v) is 0.965. The molecule has 0 amide bonds. The summed E-state index contributed by atoms with van der Waals surface area (Å²) in [5.74, 6) is 0. The molecular formula is C5H6ClIN2O. The maximum absolute atomic E-state index is 10.6. The molecule has 0 aliphatic heterocycles. The highest BCUT2D eigenvalue weighted by atomic mass is 127. The normalized spacial score (nSPS) is 8.50. The zero-order valence-electron chi connectivity index (χ0n) is 4.93. The molecule has 1 rings (SSSR count). The highest BCUT2D eigenvalue weighted by molar-refractivity contribution is 14.1. The van der Waals surface area contributed by atoms with E-state index >= 15 is 0 Å². The van der Waals surface area contributed by atoms with E-state index in [9.17, 15) is 4.79 Å². The van der Waals surface area contributed by atoms with Crippen molar-refractivity contribution < 1.29 is 0 Å². The Kier molecular flexibility index (Phi) is 3.73. The van der Waals surface area contributed by atoms with Crippen molar-refractivity contribution in [2.24, 2.45) is 0 Å². The molecule has 0 saturated carbocycles. The van der Waals surface area contributed by atoms with Gasteiger partial charge in [0.1, 0.15) is 0 Å². The summed E-state index contributed by atoms with van der Waals surface area (Å²) in [6, 6.07) is 1.62. The van der Waals surface area contributed by atoms with E-state index in [0.717, 1.165) is 3.57 Å². The smallest absolute Gasteiger partial charge is 0.271 e. The summed E-state index contributed by atoms with van der Waals surface area (Å²) in [5.41, 5.74) is 5.31. The number of aromatic nitrogens is 1. The molecule has 0 spiro atoms. The Morgan fingerprint density at radius 1 is 1.60 bits per heavy atom. The molecular weight excluding hydrogens is 266 g/mol. The molecule has 5 heteroatoms. The van der Waals surface area contributed by atoms with Crippen LogP contribution in [0.2, 0.25) is 0 Å². The van der Waals surface area contributed by atoms with E-state index in [-0.39, 0.29) is 23.7 Å². The minimum atomic E-state index is -0.226. The first kappa shape index (κ1) is 9.77. The van der Waals surface area contributed by atoms with Crippen molar-refractivity contribution in [1.29, 1.82) is 0 Å². The average Bonchev–Trinajstić information content (AvgIpc) is 1.80. The molecule has 56 valence electrons. The quantitative estimate of drug-likeness (QED) is 0.692. The van der Waals surface area contributed by atoms with Crippen LogP contribution in [0.5, 0.6) is 0 Å². The maximum atomic E-state index is 10.6. The molecule has 3 N–H and O–H groups in total. The van der Waals surface area contributed by atoms with Gasteiger partial charge in [-0.05, 0) is 28.7 Å². The Hall–Kier alpha value is -0.230. The molecule has 3 nitrogen and oxygen atoms in total. The third-order valence-electron chi connectivity index (χ3n) is 0.897. The van der Waals surface area contributed by atoms with E-state index in [4.69, 9.17) is 5.73 Å². The number of hydrogen-bond acceptors (Lipinski definition) is 2. The number of nitrogen functional groups attached to an aromatic ring is 1. The molecule has 0 atom stereocenters. The van der Waals surface area contributed by atoms with Gasteiger partial charge in [-0.1, -0.05) is 0 Å². The molecule has 0 bridgehead atoms. The zero-order valence-corrected chi connectivity index (χ0v) is 7.90. The Morgan fingerprint density at radius 3 is 2.60 bits per heavy atom. The number of aromatic amines is 1. The van der Waals surface area contributed by atoms with Crippen LogP contribution < -0.4 is 11.3 Å². The van der Waals surface area contributed by atoms with Gasteiger partial charge in [0.15, 0.2) is 0 Å². The number of nitrogens with two attached hydrogens (primary N) is 1. The Bertz CT molecular complexity index is 273. The van der Waals surface area contributed by atoms with Crippen molar-refractivity contribution in [1.82, 2.24) is 4.98 Å². The monoisotopic (exact) mass is 272 g/mol. The summed E-state index contributed by atoms with van der Waals surface area (Å²) in [6.07, 6.45) is 1.61. The van der Waals surface area contributed by atoms with Gasteiger partial charge in [0.05, 0.1) is 5.69 Å². The second-order valence-electron chi connectivity index (χ2n) is 1.60. The third kappa shape index (κ3) is 2.18. The van der Waals surface area contributed by atoms with Gasteiger partial charge in [-0.2, -0.15) is 0 Å². The third-order valence-corrected chi connectivity index (χ3v) is 1.52. The number of nitrogens with one attached hydrogen (secondary N) is 1. The molecule has 0 aliphatic rings. The maximum Gasteiger partial charge on any atom is 0.271 e. The van der Waals surface area contributed by atoms with Crippen LogP contribution in [-0.2, 0) is 0 Å². The van der Waals surface area contributed by atoms with E-state index in [2.05, 4.69) is 27.6 Å². The number of pyridine rings is 1. The second kappa shape index (κ2) is 3.82. The Balaban J connectivity index is 0.000000810. The largest absolute Gasteiger partial charge is 0.394 e. The van der Waals surface area contributed by atoms with Crippen LogP contribution >= 0.6 is 35.0 Å². The van der Waals surface area contributed by atoms with Crippen molar-refractivity contribution in [2.75, 3.05) is 5.73 Å². The van der Waals surface area contributed by atoms with E-state index < -0.39 is 0 Å². The molecule has 0 fully saturated rings. The van der Waals surface area contributed by atoms with Gasteiger partial charge >= 0.3 is 0 Å². The van der Waals surface area contributed by atoms with Crippen LogP contribution in [-0.4, -0.2) is 4.98 Å². The molecule has 0 aromatic carbocycles. The van der Waals surface area contributed by atoms with E-state index in [0.29, 0.717) is 0 Å². The molecule has 0 radical (unpaired) electrons. The average molecular weight is 272 g/mol. The fourth-order valence-electron chi connectivity index (χ4n) is 0.474. The highest BCUT2D eigenvalue weighted by Crippen LogP contribution is 2.01. The second-order valence-corrected chi connectivity index (χ2v) is 2.85. The first-order chi connectivity index (χ1) is 4.20. The Labute approximate surface area is 77.6 Å². The SMILES string of the molecule is Cl.Nc1cc(I)c[nH]c1=O. The van der Waals surface area contributed by atoms with E-state index in [1.54, 1.807) is 12.3 Å². The number of rotatable bonds is 0. The van der Waals surface area contributed by atoms with Crippen LogP contribution in [0, 0.1) is 3.57 Å².